The van der Waals surface area contributed by atoms with E-state index in [1.54, 1.807) is 4.90 Å². The summed E-state index contributed by atoms with van der Waals surface area (Å²) in [6, 6.07) is 19.7. The highest BCUT2D eigenvalue weighted by Gasteiger charge is 2.14. The topological polar surface area (TPSA) is 53.4 Å². The van der Waals surface area contributed by atoms with Crippen molar-refractivity contribution in [3.05, 3.63) is 77.4 Å². The van der Waals surface area contributed by atoms with E-state index >= 15 is 0 Å². The Bertz CT molecular complexity index is 948. The molecular formula is C23H24N2O2. The molecule has 0 heterocycles. The Labute approximate surface area is 159 Å². The molecule has 0 unspecified atom stereocenters. The number of fused-ring (bicyclic) bond motifs is 1. The van der Waals surface area contributed by atoms with Crippen LogP contribution in [0.2, 0.25) is 0 Å². The Hall–Kier alpha value is -3.14. The second-order valence-electron chi connectivity index (χ2n) is 6.53. The van der Waals surface area contributed by atoms with Crippen LogP contribution in [0.3, 0.4) is 0 Å². The second kappa shape index (κ2) is 8.49. The molecule has 27 heavy (non-hydrogen) atoms. The first-order valence-corrected chi connectivity index (χ1v) is 9.10. The average Bonchev–Trinajstić information content (AvgIpc) is 2.71. The molecule has 1 N–H and O–H groups in total. The maximum absolute atomic E-state index is 12.6. The van der Waals surface area contributed by atoms with E-state index < -0.39 is 0 Å². The van der Waals surface area contributed by atoms with Gasteiger partial charge in [-0.2, -0.15) is 0 Å². The van der Waals surface area contributed by atoms with Crippen LogP contribution in [0.4, 0.5) is 0 Å². The number of hydrogen-bond donors (Lipinski definition) is 1. The fraction of sp³-hybridized carbons (Fsp3) is 0.217. The largest absolute Gasteiger partial charge is 0.483 e. The third-order valence-corrected chi connectivity index (χ3v) is 4.65. The monoisotopic (exact) mass is 360 g/mol. The van der Waals surface area contributed by atoms with Gasteiger partial charge in [0.15, 0.2) is 6.61 Å². The molecule has 0 bridgehead atoms. The highest BCUT2D eigenvalue weighted by Crippen LogP contribution is 2.27. The van der Waals surface area contributed by atoms with Crippen molar-refractivity contribution in [2.75, 3.05) is 13.2 Å². The number of carbonyl (C=O) groups excluding carboxylic acids is 1. The SMILES string of the molecule is CCN(Cc1ccc(C)cc1)C(=O)COc1ccc(C=N)c2ccccc12. The van der Waals surface area contributed by atoms with Gasteiger partial charge in [0.1, 0.15) is 5.75 Å². The van der Waals surface area contributed by atoms with Crippen molar-refractivity contribution in [2.24, 2.45) is 0 Å². The summed E-state index contributed by atoms with van der Waals surface area (Å²) in [5.41, 5.74) is 3.15. The lowest BCUT2D eigenvalue weighted by Gasteiger charge is -2.21. The summed E-state index contributed by atoms with van der Waals surface area (Å²) in [4.78, 5) is 14.4. The maximum Gasteiger partial charge on any atom is 0.260 e. The molecule has 0 radical (unpaired) electrons. The number of ether oxygens (including phenoxy) is 1. The van der Waals surface area contributed by atoms with Crippen molar-refractivity contribution in [1.29, 1.82) is 5.41 Å². The lowest BCUT2D eigenvalue weighted by atomic mass is 10.0. The van der Waals surface area contributed by atoms with Gasteiger partial charge in [0.05, 0.1) is 0 Å². The molecule has 3 aromatic rings. The van der Waals surface area contributed by atoms with Gasteiger partial charge in [0, 0.05) is 30.3 Å². The highest BCUT2D eigenvalue weighted by atomic mass is 16.5. The summed E-state index contributed by atoms with van der Waals surface area (Å²) in [5.74, 6) is 0.620. The number of carbonyl (C=O) groups is 1. The molecule has 1 amide bonds. The molecule has 3 aromatic carbocycles. The predicted octanol–water partition coefficient (Wildman–Crippen LogP) is 4.57. The van der Waals surface area contributed by atoms with Crippen LogP contribution in [0.25, 0.3) is 10.8 Å². The average molecular weight is 360 g/mol. The molecule has 0 aliphatic heterocycles. The molecule has 138 valence electrons. The summed E-state index contributed by atoms with van der Waals surface area (Å²) in [6.07, 6.45) is 1.33. The van der Waals surface area contributed by atoms with Crippen LogP contribution >= 0.6 is 0 Å². The quantitative estimate of drug-likeness (QED) is 0.627. The highest BCUT2D eigenvalue weighted by molar-refractivity contribution is 6.01. The van der Waals surface area contributed by atoms with Gasteiger partial charge in [-0.15, -0.1) is 0 Å². The molecule has 0 aliphatic rings. The summed E-state index contributed by atoms with van der Waals surface area (Å²) in [5, 5.41) is 9.40. The van der Waals surface area contributed by atoms with Gasteiger partial charge in [-0.05, 0) is 36.9 Å². The Kier molecular flexibility index (Phi) is 5.87. The van der Waals surface area contributed by atoms with E-state index in [9.17, 15) is 4.79 Å². The van der Waals surface area contributed by atoms with Crippen molar-refractivity contribution >= 4 is 22.9 Å². The zero-order valence-corrected chi connectivity index (χ0v) is 15.7. The van der Waals surface area contributed by atoms with E-state index in [0.29, 0.717) is 18.8 Å². The van der Waals surface area contributed by atoms with Crippen molar-refractivity contribution in [3.8, 4) is 5.75 Å². The number of nitrogens with one attached hydrogen (secondary N) is 1. The van der Waals surface area contributed by atoms with Crippen LogP contribution in [0.5, 0.6) is 5.75 Å². The molecular weight excluding hydrogens is 336 g/mol. The van der Waals surface area contributed by atoms with Gasteiger partial charge in [0.2, 0.25) is 0 Å². The minimum absolute atomic E-state index is 0.00632. The Morgan fingerprint density at radius 1 is 1.04 bits per heavy atom. The standard InChI is InChI=1S/C23H24N2O2/c1-3-25(15-18-10-8-17(2)9-11-18)23(26)16-27-22-13-12-19(14-24)20-6-4-5-7-21(20)22/h4-14,24H,3,15-16H2,1-2H3. The van der Waals surface area contributed by atoms with Gasteiger partial charge in [-0.1, -0.05) is 54.1 Å². The number of aryl methyl sites for hydroxylation is 1. The fourth-order valence-corrected chi connectivity index (χ4v) is 3.07. The molecule has 0 atom stereocenters. The summed E-state index contributed by atoms with van der Waals surface area (Å²) in [6.45, 7) is 5.22. The van der Waals surface area contributed by atoms with Crippen LogP contribution in [-0.2, 0) is 11.3 Å². The maximum atomic E-state index is 12.6. The number of hydrogen-bond acceptors (Lipinski definition) is 3. The molecule has 0 saturated carbocycles. The molecule has 4 nitrogen and oxygen atoms in total. The van der Waals surface area contributed by atoms with Crippen molar-refractivity contribution < 1.29 is 9.53 Å². The normalized spacial score (nSPS) is 10.6. The van der Waals surface area contributed by atoms with Crippen LogP contribution in [0, 0.1) is 12.3 Å². The number of amides is 1. The van der Waals surface area contributed by atoms with E-state index in [1.165, 1.54) is 11.8 Å². The minimum atomic E-state index is -0.0433. The third kappa shape index (κ3) is 4.34. The number of likely N-dealkylation sites (N-methyl/N-ethyl adjacent to an activating group) is 1. The first-order valence-electron chi connectivity index (χ1n) is 9.10. The Balaban J connectivity index is 1.71. The van der Waals surface area contributed by atoms with Crippen molar-refractivity contribution in [2.45, 2.75) is 20.4 Å². The van der Waals surface area contributed by atoms with Crippen LogP contribution in [-0.4, -0.2) is 30.2 Å². The molecule has 4 heteroatoms. The van der Waals surface area contributed by atoms with E-state index in [0.717, 1.165) is 21.9 Å². The number of benzene rings is 3. The van der Waals surface area contributed by atoms with Crippen LogP contribution in [0.1, 0.15) is 23.6 Å². The molecule has 0 saturated heterocycles. The van der Waals surface area contributed by atoms with Crippen molar-refractivity contribution in [3.63, 3.8) is 0 Å². The summed E-state index contributed by atoms with van der Waals surface area (Å²) < 4.78 is 5.85. The van der Waals surface area contributed by atoms with E-state index in [2.05, 4.69) is 31.2 Å². The zero-order valence-electron chi connectivity index (χ0n) is 15.7. The fourth-order valence-electron chi connectivity index (χ4n) is 3.07. The molecule has 0 aromatic heterocycles. The summed E-state index contributed by atoms with van der Waals surface area (Å²) in [7, 11) is 0. The van der Waals surface area contributed by atoms with Gasteiger partial charge >= 0.3 is 0 Å². The lowest BCUT2D eigenvalue weighted by molar-refractivity contribution is -0.133. The first-order chi connectivity index (χ1) is 13.1. The smallest absolute Gasteiger partial charge is 0.260 e. The third-order valence-electron chi connectivity index (χ3n) is 4.65. The van der Waals surface area contributed by atoms with Gasteiger partial charge < -0.3 is 15.0 Å². The Morgan fingerprint density at radius 3 is 2.41 bits per heavy atom. The molecule has 0 aliphatic carbocycles. The van der Waals surface area contributed by atoms with E-state index in [4.69, 9.17) is 10.1 Å². The van der Waals surface area contributed by atoms with Gasteiger partial charge in [-0.25, -0.2) is 0 Å². The molecule has 0 fully saturated rings. The first kappa shape index (κ1) is 18.6. The zero-order chi connectivity index (χ0) is 19.2. The van der Waals surface area contributed by atoms with Gasteiger partial charge in [-0.3, -0.25) is 4.79 Å². The Morgan fingerprint density at radius 2 is 1.74 bits per heavy atom. The second-order valence-corrected chi connectivity index (χ2v) is 6.53. The van der Waals surface area contributed by atoms with Crippen molar-refractivity contribution in [1.82, 2.24) is 4.90 Å². The van der Waals surface area contributed by atoms with Gasteiger partial charge in [0.25, 0.3) is 5.91 Å². The number of nitrogens with zero attached hydrogens (tertiary/aromatic N) is 1. The minimum Gasteiger partial charge on any atom is -0.483 e. The lowest BCUT2D eigenvalue weighted by Crippen LogP contribution is -2.34. The number of rotatable bonds is 7. The van der Waals surface area contributed by atoms with Crippen LogP contribution < -0.4 is 4.74 Å². The molecule has 0 spiro atoms. The van der Waals surface area contributed by atoms with Crippen LogP contribution in [0.15, 0.2) is 60.7 Å². The predicted molar refractivity (Wildman–Crippen MR) is 110 cm³/mol. The van der Waals surface area contributed by atoms with E-state index in [-0.39, 0.29) is 12.5 Å². The van der Waals surface area contributed by atoms with E-state index in [1.807, 2.05) is 43.3 Å². The summed E-state index contributed by atoms with van der Waals surface area (Å²) >= 11 is 0. The molecule has 3 rings (SSSR count).